The molecule has 1 aliphatic heterocycles. The Morgan fingerprint density at radius 1 is 1.50 bits per heavy atom. The lowest BCUT2D eigenvalue weighted by molar-refractivity contribution is 0.323. The molecular formula is C11H17N5. The van der Waals surface area contributed by atoms with Crippen LogP contribution >= 0.6 is 0 Å². The maximum atomic E-state index is 5.95. The number of hydrogen-bond acceptors (Lipinski definition) is 4. The molecule has 2 aliphatic rings. The van der Waals surface area contributed by atoms with Crippen LogP contribution in [0.1, 0.15) is 24.6 Å². The summed E-state index contributed by atoms with van der Waals surface area (Å²) in [5.74, 6) is 1.51. The molecule has 1 fully saturated rings. The number of aromatic nitrogens is 2. The summed E-state index contributed by atoms with van der Waals surface area (Å²) in [6.45, 7) is 1.81. The Morgan fingerprint density at radius 2 is 2.31 bits per heavy atom. The lowest BCUT2D eigenvalue weighted by atomic mass is 10.2. The molecule has 0 spiro atoms. The standard InChI is InChI=1S/C11H17N5/c1-15-7-13-4-9(15)10-5-14-11(12)16(10)6-8-2-3-8/h4,7-8,10H,2-3,5-6H2,1H3,(H2,12,14). The van der Waals surface area contributed by atoms with Crippen LogP contribution in [0.2, 0.25) is 0 Å². The van der Waals surface area contributed by atoms with E-state index in [0.29, 0.717) is 5.96 Å². The van der Waals surface area contributed by atoms with E-state index in [1.807, 2.05) is 19.6 Å². The summed E-state index contributed by atoms with van der Waals surface area (Å²) < 4.78 is 2.05. The molecule has 1 aromatic heterocycles. The lowest BCUT2D eigenvalue weighted by Crippen LogP contribution is -2.38. The molecule has 1 aliphatic carbocycles. The summed E-state index contributed by atoms with van der Waals surface area (Å²) in [5, 5.41) is 0. The van der Waals surface area contributed by atoms with Crippen molar-refractivity contribution in [1.29, 1.82) is 0 Å². The van der Waals surface area contributed by atoms with Gasteiger partial charge in [0.2, 0.25) is 0 Å². The number of guanidine groups is 1. The second-order valence-electron chi connectivity index (χ2n) is 4.74. The van der Waals surface area contributed by atoms with Gasteiger partial charge in [0.05, 0.1) is 30.8 Å². The van der Waals surface area contributed by atoms with Crippen molar-refractivity contribution in [2.75, 3.05) is 13.1 Å². The Bertz CT molecular complexity index is 418. The van der Waals surface area contributed by atoms with Gasteiger partial charge in [-0.2, -0.15) is 0 Å². The molecule has 1 unspecified atom stereocenters. The van der Waals surface area contributed by atoms with Gasteiger partial charge in [0.15, 0.2) is 5.96 Å². The molecule has 5 nitrogen and oxygen atoms in total. The molecule has 0 radical (unpaired) electrons. The average molecular weight is 219 g/mol. The summed E-state index contributed by atoms with van der Waals surface area (Å²) in [6, 6.07) is 0.285. The van der Waals surface area contributed by atoms with Crippen molar-refractivity contribution in [1.82, 2.24) is 14.5 Å². The van der Waals surface area contributed by atoms with E-state index in [-0.39, 0.29) is 6.04 Å². The Balaban J connectivity index is 1.82. The molecule has 0 amide bonds. The third kappa shape index (κ3) is 1.56. The van der Waals surface area contributed by atoms with E-state index in [1.165, 1.54) is 18.5 Å². The summed E-state index contributed by atoms with van der Waals surface area (Å²) in [4.78, 5) is 10.8. The van der Waals surface area contributed by atoms with E-state index in [1.54, 1.807) is 0 Å². The van der Waals surface area contributed by atoms with Crippen LogP contribution in [0.4, 0.5) is 0 Å². The monoisotopic (exact) mass is 219 g/mol. The molecular weight excluding hydrogens is 202 g/mol. The van der Waals surface area contributed by atoms with Crippen LogP contribution in [0.5, 0.6) is 0 Å². The minimum atomic E-state index is 0.285. The zero-order valence-corrected chi connectivity index (χ0v) is 9.50. The van der Waals surface area contributed by atoms with Gasteiger partial charge >= 0.3 is 0 Å². The Hall–Kier alpha value is -1.52. The van der Waals surface area contributed by atoms with Crippen LogP contribution in [0, 0.1) is 5.92 Å². The number of aliphatic imine (C=N–C) groups is 1. The molecule has 0 saturated heterocycles. The normalized spacial score (nSPS) is 24.9. The summed E-state index contributed by atoms with van der Waals surface area (Å²) in [7, 11) is 2.02. The maximum absolute atomic E-state index is 5.95. The van der Waals surface area contributed by atoms with Gasteiger partial charge in [-0.05, 0) is 18.8 Å². The van der Waals surface area contributed by atoms with Crippen molar-refractivity contribution in [2.24, 2.45) is 23.7 Å². The third-order valence-corrected chi connectivity index (χ3v) is 3.44. The zero-order valence-electron chi connectivity index (χ0n) is 9.50. The Morgan fingerprint density at radius 3 is 2.94 bits per heavy atom. The fraction of sp³-hybridized carbons (Fsp3) is 0.636. The largest absolute Gasteiger partial charge is 0.370 e. The SMILES string of the molecule is Cn1cncc1C1CN=C(N)N1CC1CC1. The van der Waals surface area contributed by atoms with Crippen LogP contribution in [0.15, 0.2) is 17.5 Å². The number of nitrogens with zero attached hydrogens (tertiary/aromatic N) is 4. The smallest absolute Gasteiger partial charge is 0.191 e. The highest BCUT2D eigenvalue weighted by molar-refractivity contribution is 5.80. The number of hydrogen-bond donors (Lipinski definition) is 1. The first kappa shape index (κ1) is 9.69. The minimum absolute atomic E-state index is 0.285. The lowest BCUT2D eigenvalue weighted by Gasteiger charge is -2.26. The number of imidazole rings is 1. The van der Waals surface area contributed by atoms with Crippen LogP contribution in [0.3, 0.4) is 0 Å². The highest BCUT2D eigenvalue weighted by Crippen LogP contribution is 2.34. The summed E-state index contributed by atoms with van der Waals surface area (Å²) >= 11 is 0. The third-order valence-electron chi connectivity index (χ3n) is 3.44. The molecule has 1 saturated carbocycles. The fourth-order valence-corrected chi connectivity index (χ4v) is 2.27. The van der Waals surface area contributed by atoms with Gasteiger partial charge in [0.1, 0.15) is 0 Å². The average Bonchev–Trinajstić information content (AvgIpc) is 2.88. The van der Waals surface area contributed by atoms with Crippen molar-refractivity contribution in [3.8, 4) is 0 Å². The van der Waals surface area contributed by atoms with Crippen LogP contribution in [0.25, 0.3) is 0 Å². The second-order valence-corrected chi connectivity index (χ2v) is 4.74. The molecule has 86 valence electrons. The zero-order chi connectivity index (χ0) is 11.1. The van der Waals surface area contributed by atoms with Gasteiger partial charge in [0, 0.05) is 13.6 Å². The number of rotatable bonds is 3. The van der Waals surface area contributed by atoms with Crippen LogP contribution in [-0.2, 0) is 7.05 Å². The van der Waals surface area contributed by atoms with Gasteiger partial charge in [0.25, 0.3) is 0 Å². The van der Waals surface area contributed by atoms with E-state index in [0.717, 1.165) is 19.0 Å². The van der Waals surface area contributed by atoms with Gasteiger partial charge in [-0.3, -0.25) is 4.99 Å². The van der Waals surface area contributed by atoms with E-state index in [9.17, 15) is 0 Å². The van der Waals surface area contributed by atoms with Crippen molar-refractivity contribution < 1.29 is 0 Å². The number of nitrogens with two attached hydrogens (primary N) is 1. The maximum Gasteiger partial charge on any atom is 0.191 e. The summed E-state index contributed by atoms with van der Waals surface area (Å²) in [6.07, 6.45) is 6.42. The van der Waals surface area contributed by atoms with Crippen molar-refractivity contribution in [3.63, 3.8) is 0 Å². The molecule has 16 heavy (non-hydrogen) atoms. The highest BCUT2D eigenvalue weighted by atomic mass is 15.3. The van der Waals surface area contributed by atoms with Crippen molar-refractivity contribution in [2.45, 2.75) is 18.9 Å². The molecule has 2 N–H and O–H groups in total. The number of aryl methyl sites for hydroxylation is 1. The van der Waals surface area contributed by atoms with E-state index < -0.39 is 0 Å². The van der Waals surface area contributed by atoms with Gasteiger partial charge < -0.3 is 15.2 Å². The van der Waals surface area contributed by atoms with E-state index >= 15 is 0 Å². The molecule has 0 bridgehead atoms. The molecule has 5 heteroatoms. The Labute approximate surface area is 95.0 Å². The molecule has 3 rings (SSSR count). The Kier molecular flexibility index (Phi) is 2.12. The van der Waals surface area contributed by atoms with Crippen LogP contribution < -0.4 is 5.73 Å². The first-order valence-corrected chi connectivity index (χ1v) is 5.78. The molecule has 0 aromatic carbocycles. The predicted octanol–water partition coefficient (Wildman–Crippen LogP) is 0.501. The van der Waals surface area contributed by atoms with E-state index in [4.69, 9.17) is 5.73 Å². The topological polar surface area (TPSA) is 59.4 Å². The van der Waals surface area contributed by atoms with Crippen LogP contribution in [-0.4, -0.2) is 33.5 Å². The van der Waals surface area contributed by atoms with E-state index in [2.05, 4.69) is 19.4 Å². The molecule has 1 atom stereocenters. The molecule has 2 heterocycles. The van der Waals surface area contributed by atoms with Gasteiger partial charge in [-0.25, -0.2) is 4.98 Å². The second kappa shape index (κ2) is 3.50. The summed E-state index contributed by atoms with van der Waals surface area (Å²) in [5.41, 5.74) is 7.15. The fourth-order valence-electron chi connectivity index (χ4n) is 2.27. The first-order chi connectivity index (χ1) is 7.75. The van der Waals surface area contributed by atoms with Gasteiger partial charge in [-0.15, -0.1) is 0 Å². The minimum Gasteiger partial charge on any atom is -0.370 e. The molecule has 1 aromatic rings. The van der Waals surface area contributed by atoms with Crippen molar-refractivity contribution >= 4 is 5.96 Å². The quantitative estimate of drug-likeness (QED) is 0.805. The predicted molar refractivity (Wildman–Crippen MR) is 61.9 cm³/mol. The highest BCUT2D eigenvalue weighted by Gasteiger charge is 2.34. The van der Waals surface area contributed by atoms with Crippen molar-refractivity contribution in [3.05, 3.63) is 18.2 Å². The van der Waals surface area contributed by atoms with Gasteiger partial charge in [-0.1, -0.05) is 0 Å². The first-order valence-electron chi connectivity index (χ1n) is 5.78.